The van der Waals surface area contributed by atoms with Gasteiger partial charge in [0.25, 0.3) is 0 Å². The summed E-state index contributed by atoms with van der Waals surface area (Å²) in [6.07, 6.45) is 2.55. The number of amides is 1. The quantitative estimate of drug-likeness (QED) is 0.629. The zero-order chi connectivity index (χ0) is 20.7. The minimum atomic E-state index is -1.14. The number of para-hydroxylation sites is 2. The van der Waals surface area contributed by atoms with E-state index in [9.17, 15) is 9.90 Å². The van der Waals surface area contributed by atoms with Crippen LogP contribution >= 0.6 is 0 Å². The lowest BCUT2D eigenvalue weighted by molar-refractivity contribution is -0.121. The lowest BCUT2D eigenvalue weighted by Gasteiger charge is -2.22. The third-order valence-electron chi connectivity index (χ3n) is 5.88. The standard InChI is InChI=1S/C22H23N5O3/c1-26-18-9-5-6-10-19(18)30-14-17(21(26)29)23-20(28)16-13-27(25-24-16)22(11-12-22)15-7-3-2-4-8-15/h2-10,13,17,20,23,28H,11-12,14H2,1H3/t17-,20?/m0/s1. The molecule has 1 fully saturated rings. The zero-order valence-electron chi connectivity index (χ0n) is 16.6. The molecule has 1 aliphatic heterocycles. The van der Waals surface area contributed by atoms with E-state index in [0.717, 1.165) is 12.8 Å². The van der Waals surface area contributed by atoms with Gasteiger partial charge in [-0.05, 0) is 30.5 Å². The normalized spacial score (nSPS) is 20.8. The molecule has 2 heterocycles. The number of rotatable bonds is 5. The van der Waals surface area contributed by atoms with Crippen molar-refractivity contribution in [1.29, 1.82) is 0 Å². The van der Waals surface area contributed by atoms with Crippen LogP contribution in [-0.2, 0) is 10.3 Å². The van der Waals surface area contributed by atoms with Gasteiger partial charge in [0, 0.05) is 7.05 Å². The molecule has 1 aromatic heterocycles. The number of aliphatic hydroxyl groups excluding tert-OH is 1. The number of aliphatic hydroxyl groups is 1. The van der Waals surface area contributed by atoms with E-state index in [1.165, 1.54) is 10.5 Å². The Morgan fingerprint density at radius 3 is 2.67 bits per heavy atom. The molecular formula is C22H23N5O3. The topological polar surface area (TPSA) is 92.5 Å². The molecule has 1 unspecified atom stereocenters. The Hall–Kier alpha value is -3.23. The minimum Gasteiger partial charge on any atom is -0.489 e. The number of carbonyl (C=O) groups excluding carboxylic acids is 1. The Morgan fingerprint density at radius 2 is 1.90 bits per heavy atom. The van der Waals surface area contributed by atoms with Gasteiger partial charge in [-0.1, -0.05) is 47.7 Å². The van der Waals surface area contributed by atoms with Crippen molar-refractivity contribution in [3.05, 3.63) is 72.1 Å². The fourth-order valence-corrected chi connectivity index (χ4v) is 3.98. The molecule has 0 radical (unpaired) electrons. The highest BCUT2D eigenvalue weighted by molar-refractivity contribution is 5.98. The maximum absolute atomic E-state index is 12.9. The molecule has 0 saturated heterocycles. The molecule has 8 heteroatoms. The summed E-state index contributed by atoms with van der Waals surface area (Å²) in [5.41, 5.74) is 2.05. The van der Waals surface area contributed by atoms with Crippen LogP contribution in [0.5, 0.6) is 5.75 Å². The Morgan fingerprint density at radius 1 is 1.17 bits per heavy atom. The third kappa shape index (κ3) is 3.14. The highest BCUT2D eigenvalue weighted by Gasteiger charge is 2.47. The molecule has 2 atom stereocenters. The average molecular weight is 405 g/mol. The highest BCUT2D eigenvalue weighted by atomic mass is 16.5. The first-order chi connectivity index (χ1) is 14.6. The Bertz CT molecular complexity index is 1060. The molecule has 1 aliphatic carbocycles. The molecule has 0 bridgehead atoms. The van der Waals surface area contributed by atoms with E-state index >= 15 is 0 Å². The summed E-state index contributed by atoms with van der Waals surface area (Å²) in [4.78, 5) is 14.4. The van der Waals surface area contributed by atoms with Crippen LogP contribution in [0.1, 0.15) is 30.3 Å². The molecule has 2 aliphatic rings. The van der Waals surface area contributed by atoms with E-state index < -0.39 is 12.3 Å². The van der Waals surface area contributed by atoms with Crippen LogP contribution in [0.25, 0.3) is 0 Å². The predicted octanol–water partition coefficient (Wildman–Crippen LogP) is 1.82. The van der Waals surface area contributed by atoms with Gasteiger partial charge in [0.2, 0.25) is 5.91 Å². The van der Waals surface area contributed by atoms with Gasteiger partial charge in [-0.2, -0.15) is 0 Å². The third-order valence-corrected chi connectivity index (χ3v) is 5.88. The second kappa shape index (κ2) is 7.23. The van der Waals surface area contributed by atoms with E-state index in [1.807, 2.05) is 47.1 Å². The fraction of sp³-hybridized carbons (Fsp3) is 0.318. The van der Waals surface area contributed by atoms with Crippen molar-refractivity contribution in [2.75, 3.05) is 18.6 Å². The van der Waals surface area contributed by atoms with Crippen molar-refractivity contribution in [2.45, 2.75) is 30.7 Å². The van der Waals surface area contributed by atoms with E-state index in [0.29, 0.717) is 17.1 Å². The van der Waals surface area contributed by atoms with Crippen LogP contribution < -0.4 is 15.0 Å². The van der Waals surface area contributed by atoms with E-state index in [2.05, 4.69) is 27.8 Å². The molecule has 154 valence electrons. The monoisotopic (exact) mass is 405 g/mol. The first-order valence-electron chi connectivity index (χ1n) is 10.0. The van der Waals surface area contributed by atoms with Crippen molar-refractivity contribution in [3.8, 4) is 5.75 Å². The number of hydrogen-bond donors (Lipinski definition) is 2. The van der Waals surface area contributed by atoms with E-state index in [4.69, 9.17) is 4.74 Å². The number of aromatic nitrogens is 3. The Balaban J connectivity index is 1.32. The molecule has 0 spiro atoms. The van der Waals surface area contributed by atoms with Crippen LogP contribution in [0, 0.1) is 0 Å². The number of benzene rings is 2. The number of anilines is 1. The second-order valence-corrected chi connectivity index (χ2v) is 7.78. The molecular weight excluding hydrogens is 382 g/mol. The predicted molar refractivity (Wildman–Crippen MR) is 110 cm³/mol. The number of nitrogens with one attached hydrogen (secondary N) is 1. The van der Waals surface area contributed by atoms with Crippen molar-refractivity contribution >= 4 is 11.6 Å². The van der Waals surface area contributed by atoms with Gasteiger partial charge in [0.15, 0.2) is 6.23 Å². The SMILES string of the molecule is CN1C(=O)[C@@H](NC(O)c2cn(C3(c4ccccc4)CC3)nn2)COc2ccccc21. The van der Waals surface area contributed by atoms with Gasteiger partial charge in [-0.25, -0.2) is 4.68 Å². The maximum Gasteiger partial charge on any atom is 0.247 e. The number of hydrogen-bond acceptors (Lipinski definition) is 6. The summed E-state index contributed by atoms with van der Waals surface area (Å²) in [5.74, 6) is 0.450. The number of nitrogens with zero attached hydrogens (tertiary/aromatic N) is 4. The molecule has 30 heavy (non-hydrogen) atoms. The van der Waals surface area contributed by atoms with Crippen molar-refractivity contribution < 1.29 is 14.6 Å². The maximum atomic E-state index is 12.9. The Labute approximate surface area is 174 Å². The van der Waals surface area contributed by atoms with E-state index in [1.54, 1.807) is 13.2 Å². The van der Waals surface area contributed by atoms with Gasteiger partial charge in [-0.3, -0.25) is 10.1 Å². The highest BCUT2D eigenvalue weighted by Crippen LogP contribution is 2.48. The van der Waals surface area contributed by atoms with Gasteiger partial charge >= 0.3 is 0 Å². The van der Waals surface area contributed by atoms with Crippen molar-refractivity contribution in [3.63, 3.8) is 0 Å². The molecule has 1 amide bonds. The van der Waals surface area contributed by atoms with Gasteiger partial charge in [0.05, 0.1) is 17.4 Å². The second-order valence-electron chi connectivity index (χ2n) is 7.78. The molecule has 1 saturated carbocycles. The minimum absolute atomic E-state index is 0.110. The summed E-state index contributed by atoms with van der Waals surface area (Å²) in [5, 5.41) is 22.1. The summed E-state index contributed by atoms with van der Waals surface area (Å²) in [7, 11) is 1.70. The molecule has 5 rings (SSSR count). The molecule has 2 aromatic carbocycles. The van der Waals surface area contributed by atoms with Crippen molar-refractivity contribution in [1.82, 2.24) is 20.3 Å². The zero-order valence-corrected chi connectivity index (χ0v) is 16.6. The molecule has 8 nitrogen and oxygen atoms in total. The van der Waals surface area contributed by atoms with Gasteiger partial charge in [0.1, 0.15) is 24.1 Å². The smallest absolute Gasteiger partial charge is 0.247 e. The van der Waals surface area contributed by atoms with Crippen LogP contribution in [0.4, 0.5) is 5.69 Å². The summed E-state index contributed by atoms with van der Waals surface area (Å²) >= 11 is 0. The summed E-state index contributed by atoms with van der Waals surface area (Å²) < 4.78 is 7.60. The Kier molecular flexibility index (Phi) is 4.52. The number of carbonyl (C=O) groups is 1. The lowest BCUT2D eigenvalue weighted by Crippen LogP contribution is -2.48. The number of likely N-dealkylation sites (N-methyl/N-ethyl adjacent to an activating group) is 1. The first kappa shape index (κ1) is 18.8. The van der Waals surface area contributed by atoms with Crippen LogP contribution in [0.2, 0.25) is 0 Å². The molecule has 2 N–H and O–H groups in total. The lowest BCUT2D eigenvalue weighted by atomic mass is 10.1. The van der Waals surface area contributed by atoms with Crippen molar-refractivity contribution in [2.24, 2.45) is 0 Å². The van der Waals surface area contributed by atoms with Crippen LogP contribution in [0.15, 0.2) is 60.8 Å². The van der Waals surface area contributed by atoms with Gasteiger partial charge < -0.3 is 14.7 Å². The average Bonchev–Trinajstić information content (AvgIpc) is 3.47. The number of fused-ring (bicyclic) bond motifs is 1. The number of ether oxygens (including phenoxy) is 1. The summed E-state index contributed by atoms with van der Waals surface area (Å²) in [6, 6.07) is 16.8. The largest absolute Gasteiger partial charge is 0.489 e. The fourth-order valence-electron chi connectivity index (χ4n) is 3.98. The van der Waals surface area contributed by atoms with Crippen LogP contribution in [-0.4, -0.2) is 45.7 Å². The van der Waals surface area contributed by atoms with Crippen LogP contribution in [0.3, 0.4) is 0 Å². The summed E-state index contributed by atoms with van der Waals surface area (Å²) in [6.45, 7) is 0.110. The van der Waals surface area contributed by atoms with E-state index in [-0.39, 0.29) is 18.1 Å². The first-order valence-corrected chi connectivity index (χ1v) is 10.0. The molecule has 3 aromatic rings. The van der Waals surface area contributed by atoms with Gasteiger partial charge in [-0.15, -0.1) is 5.10 Å².